The molecular formula is C13H16F2N2O3. The molecule has 2 amide bonds. The van der Waals surface area contributed by atoms with Crippen LogP contribution in [-0.2, 0) is 11.3 Å². The minimum atomic E-state index is -0.972. The molecule has 0 aromatic heterocycles. The fourth-order valence-corrected chi connectivity index (χ4v) is 1.42. The average molecular weight is 286 g/mol. The van der Waals surface area contributed by atoms with Crippen molar-refractivity contribution in [3.63, 3.8) is 0 Å². The number of hydrogen-bond donors (Lipinski definition) is 3. The van der Waals surface area contributed by atoms with Gasteiger partial charge in [-0.2, -0.15) is 0 Å². The van der Waals surface area contributed by atoms with E-state index in [1.165, 1.54) is 6.07 Å². The molecule has 7 heteroatoms. The number of carbonyl (C=O) groups excluding carboxylic acids is 1. The predicted octanol–water partition coefficient (Wildman–Crippen LogP) is 1.87. The molecular weight excluding hydrogens is 270 g/mol. The van der Waals surface area contributed by atoms with Crippen LogP contribution < -0.4 is 10.6 Å². The highest BCUT2D eigenvalue weighted by Crippen LogP contribution is 2.08. The zero-order chi connectivity index (χ0) is 15.1. The van der Waals surface area contributed by atoms with Gasteiger partial charge >= 0.3 is 12.0 Å². The van der Waals surface area contributed by atoms with Gasteiger partial charge in [0.2, 0.25) is 0 Å². The summed E-state index contributed by atoms with van der Waals surface area (Å²) in [5.41, 5.74) is 0.429. The first-order valence-electron chi connectivity index (χ1n) is 6.08. The largest absolute Gasteiger partial charge is 0.481 e. The lowest BCUT2D eigenvalue weighted by Gasteiger charge is -2.09. The summed E-state index contributed by atoms with van der Waals surface area (Å²) in [6.45, 7) is 1.82. The van der Waals surface area contributed by atoms with Crippen LogP contribution in [0.2, 0.25) is 0 Å². The fourth-order valence-electron chi connectivity index (χ4n) is 1.42. The van der Waals surface area contributed by atoms with E-state index < -0.39 is 29.6 Å². The molecule has 0 saturated heterocycles. The normalized spacial score (nSPS) is 11.8. The minimum absolute atomic E-state index is 0.0531. The van der Waals surface area contributed by atoms with Crippen LogP contribution in [0.4, 0.5) is 13.6 Å². The smallest absolute Gasteiger partial charge is 0.315 e. The van der Waals surface area contributed by atoms with Crippen molar-refractivity contribution in [1.82, 2.24) is 10.6 Å². The Balaban J connectivity index is 2.29. The van der Waals surface area contributed by atoms with Crippen molar-refractivity contribution < 1.29 is 23.5 Å². The second-order valence-corrected chi connectivity index (χ2v) is 4.39. The SMILES string of the molecule is CC(CCNC(=O)NCc1ccc(F)c(F)c1)C(=O)O. The van der Waals surface area contributed by atoms with Crippen LogP contribution in [0.1, 0.15) is 18.9 Å². The molecule has 0 fully saturated rings. The van der Waals surface area contributed by atoms with Crippen molar-refractivity contribution in [1.29, 1.82) is 0 Å². The van der Waals surface area contributed by atoms with E-state index in [1.54, 1.807) is 6.92 Å². The highest BCUT2D eigenvalue weighted by molar-refractivity contribution is 5.74. The number of carboxylic acid groups (broad SMARTS) is 1. The lowest BCUT2D eigenvalue weighted by Crippen LogP contribution is -2.36. The quantitative estimate of drug-likeness (QED) is 0.747. The van der Waals surface area contributed by atoms with Gasteiger partial charge in [0.15, 0.2) is 11.6 Å². The molecule has 0 aliphatic heterocycles. The lowest BCUT2D eigenvalue weighted by atomic mass is 10.1. The third-order valence-corrected chi connectivity index (χ3v) is 2.72. The second kappa shape index (κ2) is 7.42. The maximum atomic E-state index is 12.9. The summed E-state index contributed by atoms with van der Waals surface area (Å²) in [6.07, 6.45) is 0.313. The third-order valence-electron chi connectivity index (χ3n) is 2.72. The zero-order valence-electron chi connectivity index (χ0n) is 11.0. The maximum absolute atomic E-state index is 12.9. The predicted molar refractivity (Wildman–Crippen MR) is 68.0 cm³/mol. The van der Waals surface area contributed by atoms with E-state index in [0.29, 0.717) is 12.0 Å². The van der Waals surface area contributed by atoms with Gasteiger partial charge in [0.1, 0.15) is 0 Å². The van der Waals surface area contributed by atoms with E-state index in [1.807, 2.05) is 0 Å². The second-order valence-electron chi connectivity index (χ2n) is 4.39. The highest BCUT2D eigenvalue weighted by atomic mass is 19.2. The van der Waals surface area contributed by atoms with Crippen LogP contribution >= 0.6 is 0 Å². The Morgan fingerprint density at radius 2 is 1.95 bits per heavy atom. The Bertz CT molecular complexity index is 495. The number of hydrogen-bond acceptors (Lipinski definition) is 2. The van der Waals surface area contributed by atoms with Gasteiger partial charge in [-0.1, -0.05) is 13.0 Å². The molecule has 110 valence electrons. The molecule has 0 aliphatic rings. The molecule has 0 radical (unpaired) electrons. The number of nitrogens with one attached hydrogen (secondary N) is 2. The average Bonchev–Trinajstić information content (AvgIpc) is 2.40. The van der Waals surface area contributed by atoms with Crippen molar-refractivity contribution in [2.45, 2.75) is 19.9 Å². The van der Waals surface area contributed by atoms with Crippen molar-refractivity contribution >= 4 is 12.0 Å². The van der Waals surface area contributed by atoms with Crippen LogP contribution in [0, 0.1) is 17.6 Å². The van der Waals surface area contributed by atoms with Crippen molar-refractivity contribution in [3.8, 4) is 0 Å². The summed E-state index contributed by atoms with van der Waals surface area (Å²) in [4.78, 5) is 21.9. The zero-order valence-corrected chi connectivity index (χ0v) is 11.0. The van der Waals surface area contributed by atoms with Crippen LogP contribution in [0.15, 0.2) is 18.2 Å². The number of halogens is 2. The minimum Gasteiger partial charge on any atom is -0.481 e. The first-order valence-corrected chi connectivity index (χ1v) is 6.08. The molecule has 20 heavy (non-hydrogen) atoms. The molecule has 1 aromatic carbocycles. The van der Waals surface area contributed by atoms with Crippen LogP contribution in [0.25, 0.3) is 0 Å². The van der Waals surface area contributed by atoms with Gasteiger partial charge in [-0.25, -0.2) is 13.6 Å². The summed E-state index contributed by atoms with van der Waals surface area (Å²) in [7, 11) is 0. The summed E-state index contributed by atoms with van der Waals surface area (Å²) in [5, 5.41) is 13.6. The molecule has 0 bridgehead atoms. The maximum Gasteiger partial charge on any atom is 0.315 e. The summed E-state index contributed by atoms with van der Waals surface area (Å²) in [6, 6.07) is 2.86. The molecule has 5 nitrogen and oxygen atoms in total. The molecule has 0 saturated carbocycles. The van der Waals surface area contributed by atoms with Crippen molar-refractivity contribution in [2.75, 3.05) is 6.54 Å². The van der Waals surface area contributed by atoms with Crippen LogP contribution in [0.5, 0.6) is 0 Å². The third kappa shape index (κ3) is 5.21. The number of carbonyl (C=O) groups is 2. The summed E-state index contributed by atoms with van der Waals surface area (Å²) >= 11 is 0. The van der Waals surface area contributed by atoms with E-state index in [9.17, 15) is 18.4 Å². The van der Waals surface area contributed by atoms with Gasteiger partial charge in [-0.3, -0.25) is 4.79 Å². The number of amides is 2. The number of rotatable bonds is 6. The van der Waals surface area contributed by atoms with E-state index >= 15 is 0 Å². The Morgan fingerprint density at radius 1 is 1.25 bits per heavy atom. The van der Waals surface area contributed by atoms with Gasteiger partial charge in [0, 0.05) is 13.1 Å². The Morgan fingerprint density at radius 3 is 2.55 bits per heavy atom. The standard InChI is InChI=1S/C13H16F2N2O3/c1-8(12(18)19)4-5-16-13(20)17-7-9-2-3-10(14)11(15)6-9/h2-3,6,8H,4-5,7H2,1H3,(H,18,19)(H2,16,17,20). The number of benzene rings is 1. The van der Waals surface area contributed by atoms with E-state index in [-0.39, 0.29) is 13.1 Å². The molecule has 0 spiro atoms. The monoisotopic (exact) mass is 286 g/mol. The van der Waals surface area contributed by atoms with Gasteiger partial charge in [-0.15, -0.1) is 0 Å². The fraction of sp³-hybridized carbons (Fsp3) is 0.385. The van der Waals surface area contributed by atoms with Crippen LogP contribution in [-0.4, -0.2) is 23.7 Å². The van der Waals surface area contributed by atoms with Crippen molar-refractivity contribution in [3.05, 3.63) is 35.4 Å². The Kier molecular flexibility index (Phi) is 5.89. The van der Waals surface area contributed by atoms with E-state index in [4.69, 9.17) is 5.11 Å². The first-order chi connectivity index (χ1) is 9.40. The number of aliphatic carboxylic acids is 1. The summed E-state index contributed by atoms with van der Waals surface area (Å²) in [5.74, 6) is -3.38. The first kappa shape index (κ1) is 15.9. The van der Waals surface area contributed by atoms with Gasteiger partial charge in [0.05, 0.1) is 5.92 Å². The number of carboxylic acids is 1. The molecule has 1 atom stereocenters. The molecule has 0 aliphatic carbocycles. The lowest BCUT2D eigenvalue weighted by molar-refractivity contribution is -0.141. The Hall–Kier alpha value is -2.18. The van der Waals surface area contributed by atoms with Crippen molar-refractivity contribution in [2.24, 2.45) is 5.92 Å². The van der Waals surface area contributed by atoms with E-state index in [0.717, 1.165) is 12.1 Å². The molecule has 0 heterocycles. The number of urea groups is 1. The Labute approximate surface area is 115 Å². The molecule has 1 aromatic rings. The highest BCUT2D eigenvalue weighted by Gasteiger charge is 2.10. The topological polar surface area (TPSA) is 78.4 Å². The van der Waals surface area contributed by atoms with Gasteiger partial charge in [0.25, 0.3) is 0 Å². The van der Waals surface area contributed by atoms with Crippen LogP contribution in [0.3, 0.4) is 0 Å². The van der Waals surface area contributed by atoms with Gasteiger partial charge in [-0.05, 0) is 24.1 Å². The molecule has 1 unspecified atom stereocenters. The van der Waals surface area contributed by atoms with Gasteiger partial charge < -0.3 is 15.7 Å². The molecule has 1 rings (SSSR count). The summed E-state index contributed by atoms with van der Waals surface area (Å²) < 4.78 is 25.6. The van der Waals surface area contributed by atoms with E-state index in [2.05, 4.69) is 10.6 Å². The molecule has 3 N–H and O–H groups in total.